The molecule has 0 unspecified atom stereocenters. The number of nitrogens with one attached hydrogen (secondary N) is 1. The normalized spacial score (nSPS) is 19.5. The largest absolute Gasteiger partial charge is 0.438 e. The van der Waals surface area contributed by atoms with Crippen LogP contribution >= 0.6 is 0 Å². The maximum Gasteiger partial charge on any atom is 0.412 e. The number of para-hydroxylation sites is 1. The minimum absolute atomic E-state index is 0.0533. The lowest BCUT2D eigenvalue weighted by molar-refractivity contribution is -0.0248. The molecule has 0 aromatic heterocycles. The molecule has 2 aromatic rings. The Morgan fingerprint density at radius 1 is 1.04 bits per heavy atom. The molecule has 26 heavy (non-hydrogen) atoms. The SMILES string of the molecule is O=C1Nc2ccccc2C2(CCN(S(=O)(=O)c3ccc(F)cc3)CC2)O1. The fourth-order valence-corrected chi connectivity index (χ4v) is 5.01. The van der Waals surface area contributed by atoms with Crippen LogP contribution in [0.5, 0.6) is 0 Å². The molecular formula is C18H17FN2O4S. The molecule has 136 valence electrons. The smallest absolute Gasteiger partial charge is 0.412 e. The number of rotatable bonds is 2. The van der Waals surface area contributed by atoms with Crippen LogP contribution in [0.2, 0.25) is 0 Å². The van der Waals surface area contributed by atoms with Crippen molar-refractivity contribution in [1.82, 2.24) is 4.31 Å². The molecule has 6 nitrogen and oxygen atoms in total. The summed E-state index contributed by atoms with van der Waals surface area (Å²) in [6, 6.07) is 12.2. The van der Waals surface area contributed by atoms with Gasteiger partial charge in [0.05, 0.1) is 10.6 Å². The minimum Gasteiger partial charge on any atom is -0.438 e. The Balaban J connectivity index is 1.60. The average molecular weight is 376 g/mol. The number of anilines is 1. The van der Waals surface area contributed by atoms with Gasteiger partial charge in [0.15, 0.2) is 0 Å². The van der Waals surface area contributed by atoms with Crippen molar-refractivity contribution in [3.8, 4) is 0 Å². The van der Waals surface area contributed by atoms with E-state index < -0.39 is 27.5 Å². The molecule has 2 heterocycles. The molecule has 1 amide bonds. The van der Waals surface area contributed by atoms with E-state index in [4.69, 9.17) is 4.74 Å². The van der Waals surface area contributed by atoms with Crippen LogP contribution in [0.1, 0.15) is 18.4 Å². The van der Waals surface area contributed by atoms with Gasteiger partial charge >= 0.3 is 6.09 Å². The van der Waals surface area contributed by atoms with Gasteiger partial charge in [-0.15, -0.1) is 0 Å². The second-order valence-corrected chi connectivity index (χ2v) is 8.35. The molecule has 2 aromatic carbocycles. The zero-order chi connectivity index (χ0) is 18.4. The Morgan fingerprint density at radius 2 is 1.69 bits per heavy atom. The number of carbonyl (C=O) groups excluding carboxylic acids is 1. The van der Waals surface area contributed by atoms with E-state index in [1.54, 1.807) is 6.07 Å². The van der Waals surface area contributed by atoms with Crippen LogP contribution in [0, 0.1) is 5.82 Å². The Kier molecular flexibility index (Phi) is 3.96. The summed E-state index contributed by atoms with van der Waals surface area (Å²) in [5.41, 5.74) is 0.727. The van der Waals surface area contributed by atoms with E-state index in [9.17, 15) is 17.6 Å². The molecule has 4 rings (SSSR count). The van der Waals surface area contributed by atoms with Crippen molar-refractivity contribution in [1.29, 1.82) is 0 Å². The highest BCUT2D eigenvalue weighted by Gasteiger charge is 2.46. The van der Waals surface area contributed by atoms with Crippen molar-refractivity contribution in [3.63, 3.8) is 0 Å². The second-order valence-electron chi connectivity index (χ2n) is 6.41. The predicted molar refractivity (Wildman–Crippen MR) is 92.6 cm³/mol. The highest BCUT2D eigenvalue weighted by atomic mass is 32.2. The zero-order valence-corrected chi connectivity index (χ0v) is 14.6. The third-order valence-electron chi connectivity index (χ3n) is 4.92. The number of hydrogen-bond donors (Lipinski definition) is 1. The van der Waals surface area contributed by atoms with Crippen molar-refractivity contribution in [2.75, 3.05) is 18.4 Å². The van der Waals surface area contributed by atoms with Gasteiger partial charge in [-0.05, 0) is 30.3 Å². The number of ether oxygens (including phenoxy) is 1. The van der Waals surface area contributed by atoms with Gasteiger partial charge in [-0.25, -0.2) is 17.6 Å². The number of fused-ring (bicyclic) bond motifs is 2. The van der Waals surface area contributed by atoms with E-state index in [0.717, 1.165) is 17.7 Å². The van der Waals surface area contributed by atoms with Gasteiger partial charge in [0.25, 0.3) is 0 Å². The predicted octanol–water partition coefficient (Wildman–Crippen LogP) is 3.07. The third kappa shape index (κ3) is 2.75. The van der Waals surface area contributed by atoms with Crippen molar-refractivity contribution < 1.29 is 22.3 Å². The van der Waals surface area contributed by atoms with E-state index in [0.29, 0.717) is 18.5 Å². The average Bonchev–Trinajstić information content (AvgIpc) is 2.62. The topological polar surface area (TPSA) is 75.7 Å². The quantitative estimate of drug-likeness (QED) is 0.874. The fourth-order valence-electron chi connectivity index (χ4n) is 3.57. The number of hydrogen-bond acceptors (Lipinski definition) is 4. The van der Waals surface area contributed by atoms with E-state index >= 15 is 0 Å². The summed E-state index contributed by atoms with van der Waals surface area (Å²) in [7, 11) is -3.71. The Hall–Kier alpha value is -2.45. The number of nitrogens with zero attached hydrogens (tertiary/aromatic N) is 1. The summed E-state index contributed by atoms with van der Waals surface area (Å²) >= 11 is 0. The summed E-state index contributed by atoms with van der Waals surface area (Å²) in [5, 5.41) is 2.68. The monoisotopic (exact) mass is 376 g/mol. The van der Waals surface area contributed by atoms with Crippen LogP contribution in [0.15, 0.2) is 53.4 Å². The number of benzene rings is 2. The number of sulfonamides is 1. The van der Waals surface area contributed by atoms with Crippen molar-refractivity contribution in [2.24, 2.45) is 0 Å². The summed E-state index contributed by atoms with van der Waals surface area (Å²) < 4.78 is 45.6. The number of carbonyl (C=O) groups is 1. The third-order valence-corrected chi connectivity index (χ3v) is 6.84. The summed E-state index contributed by atoms with van der Waals surface area (Å²) in [6.07, 6.45) is 0.189. The van der Waals surface area contributed by atoms with Gasteiger partial charge in [0.1, 0.15) is 11.4 Å². The lowest BCUT2D eigenvalue weighted by Gasteiger charge is -2.43. The van der Waals surface area contributed by atoms with Gasteiger partial charge < -0.3 is 4.74 Å². The van der Waals surface area contributed by atoms with Gasteiger partial charge in [0, 0.05) is 31.5 Å². The second kappa shape index (κ2) is 6.07. The van der Waals surface area contributed by atoms with Crippen LogP contribution in [0.25, 0.3) is 0 Å². The standard InChI is InChI=1S/C18H17FN2O4S/c19-13-5-7-14(8-6-13)26(23,24)21-11-9-18(10-12-21)15-3-1-2-4-16(15)20-17(22)25-18/h1-8H,9-12H2,(H,20,22). The van der Waals surface area contributed by atoms with Crippen molar-refractivity contribution in [2.45, 2.75) is 23.3 Å². The van der Waals surface area contributed by atoms with Crippen LogP contribution in [0.3, 0.4) is 0 Å². The maximum absolute atomic E-state index is 13.1. The summed E-state index contributed by atoms with van der Waals surface area (Å²) in [6.45, 7) is 0.419. The zero-order valence-electron chi connectivity index (χ0n) is 13.8. The molecule has 1 N–H and O–H groups in total. The molecular weight excluding hydrogens is 359 g/mol. The highest BCUT2D eigenvalue weighted by molar-refractivity contribution is 7.89. The number of halogens is 1. The van der Waals surface area contributed by atoms with Crippen LogP contribution in [-0.2, 0) is 20.4 Å². The summed E-state index contributed by atoms with van der Waals surface area (Å²) in [4.78, 5) is 12.0. The minimum atomic E-state index is -3.71. The van der Waals surface area contributed by atoms with E-state index in [1.807, 2.05) is 18.2 Å². The molecule has 0 saturated carbocycles. The molecule has 0 radical (unpaired) electrons. The van der Waals surface area contributed by atoms with Gasteiger partial charge in [-0.3, -0.25) is 5.32 Å². The van der Waals surface area contributed by atoms with Crippen LogP contribution in [-0.4, -0.2) is 31.9 Å². The molecule has 0 aliphatic carbocycles. The van der Waals surface area contributed by atoms with Crippen molar-refractivity contribution in [3.05, 3.63) is 59.9 Å². The first-order valence-corrected chi connectivity index (χ1v) is 9.70. The lowest BCUT2D eigenvalue weighted by atomic mass is 9.83. The number of piperidine rings is 1. The molecule has 0 atom stereocenters. The molecule has 1 fully saturated rings. The van der Waals surface area contributed by atoms with Gasteiger partial charge in [-0.1, -0.05) is 18.2 Å². The fraction of sp³-hybridized carbons (Fsp3) is 0.278. The molecule has 1 spiro atoms. The van der Waals surface area contributed by atoms with E-state index in [2.05, 4.69) is 5.32 Å². The molecule has 1 saturated heterocycles. The van der Waals surface area contributed by atoms with E-state index in [1.165, 1.54) is 16.4 Å². The molecule has 0 bridgehead atoms. The van der Waals surface area contributed by atoms with Crippen LogP contribution in [0.4, 0.5) is 14.9 Å². The number of amides is 1. The van der Waals surface area contributed by atoms with Crippen LogP contribution < -0.4 is 5.32 Å². The first kappa shape index (κ1) is 17.0. The first-order valence-electron chi connectivity index (χ1n) is 8.26. The van der Waals surface area contributed by atoms with Gasteiger partial charge in [0.2, 0.25) is 10.0 Å². The van der Waals surface area contributed by atoms with E-state index in [-0.39, 0.29) is 18.0 Å². The molecule has 2 aliphatic rings. The lowest BCUT2D eigenvalue weighted by Crippen LogP contribution is -2.49. The molecule has 8 heteroatoms. The summed E-state index contributed by atoms with van der Waals surface area (Å²) in [5.74, 6) is -0.486. The highest BCUT2D eigenvalue weighted by Crippen LogP contribution is 2.44. The van der Waals surface area contributed by atoms with Gasteiger partial charge in [-0.2, -0.15) is 4.31 Å². The Bertz CT molecular complexity index is 951. The molecule has 2 aliphatic heterocycles. The van der Waals surface area contributed by atoms with Crippen molar-refractivity contribution >= 4 is 21.8 Å². The Morgan fingerprint density at radius 3 is 2.38 bits per heavy atom. The Labute approximate surface area is 150 Å². The first-order chi connectivity index (χ1) is 12.4. The maximum atomic E-state index is 13.1.